The van der Waals surface area contributed by atoms with Crippen LogP contribution in [-0.4, -0.2) is 57.1 Å². The van der Waals surface area contributed by atoms with Crippen LogP contribution in [0.2, 0.25) is 0 Å². The molecule has 14 heteroatoms. The van der Waals surface area contributed by atoms with Gasteiger partial charge in [-0.2, -0.15) is 4.98 Å². The average molecular weight is 516 g/mol. The SMILES string of the molecule is CC(=O)OC[C@H]1OC(n2c(=O)sc3cnc(N)nc32)[C@H](CC(=O)[C@@H](NCl)C(C)C)[C@H]1OC(C)=O. The normalized spacial score (nSPS) is 23.2. The second-order valence-electron chi connectivity index (χ2n) is 8.26. The summed E-state index contributed by atoms with van der Waals surface area (Å²) in [5.74, 6) is -2.45. The molecule has 1 fully saturated rings. The molecule has 0 radical (unpaired) electrons. The lowest BCUT2D eigenvalue weighted by Crippen LogP contribution is -2.41. The van der Waals surface area contributed by atoms with Gasteiger partial charge in [0, 0.05) is 20.3 Å². The predicted molar refractivity (Wildman–Crippen MR) is 123 cm³/mol. The highest BCUT2D eigenvalue weighted by molar-refractivity contribution is 7.16. The second-order valence-corrected chi connectivity index (χ2v) is 9.47. The standard InChI is InChI=1S/C20H26ClN5O7S/c1-8(2)15(25-21)12(29)5-11-16(32-10(4)28)13(7-31-9(3)27)33-18(11)26-17-14(34-20(26)30)6-23-19(22)24-17/h6,8,11,13,15-16,18,25H,5,7H2,1-4H3,(H2,22,23,24)/t11-,13-,15+,16-,18?/m1/s1. The first-order valence-corrected chi connectivity index (χ1v) is 11.7. The minimum absolute atomic E-state index is 0.0520. The lowest BCUT2D eigenvalue weighted by Gasteiger charge is -2.26. The van der Waals surface area contributed by atoms with Crippen LogP contribution >= 0.6 is 23.1 Å². The molecule has 0 bridgehead atoms. The zero-order valence-corrected chi connectivity index (χ0v) is 20.6. The number of halogens is 1. The number of carbonyl (C=O) groups is 3. The predicted octanol–water partition coefficient (Wildman–Crippen LogP) is 1.17. The zero-order chi connectivity index (χ0) is 25.2. The van der Waals surface area contributed by atoms with Crippen LogP contribution in [0.3, 0.4) is 0 Å². The number of hydrogen-bond donors (Lipinski definition) is 2. The van der Waals surface area contributed by atoms with Gasteiger partial charge in [-0.25, -0.2) is 9.82 Å². The summed E-state index contributed by atoms with van der Waals surface area (Å²) in [7, 11) is 0. The van der Waals surface area contributed by atoms with E-state index < -0.39 is 47.2 Å². The third-order valence-electron chi connectivity index (χ3n) is 5.42. The van der Waals surface area contributed by atoms with E-state index in [9.17, 15) is 19.2 Å². The van der Waals surface area contributed by atoms with Crippen molar-refractivity contribution >= 4 is 57.1 Å². The molecule has 0 aromatic carbocycles. The summed E-state index contributed by atoms with van der Waals surface area (Å²) in [5.41, 5.74) is 5.95. The maximum atomic E-state index is 13.1. The van der Waals surface area contributed by atoms with Gasteiger partial charge in [-0.3, -0.25) is 23.7 Å². The molecule has 1 aliphatic rings. The van der Waals surface area contributed by atoms with Gasteiger partial charge in [0.1, 0.15) is 25.0 Å². The van der Waals surface area contributed by atoms with E-state index in [1.807, 2.05) is 13.8 Å². The van der Waals surface area contributed by atoms with Crippen molar-refractivity contribution < 1.29 is 28.6 Å². The van der Waals surface area contributed by atoms with Gasteiger partial charge >= 0.3 is 16.8 Å². The van der Waals surface area contributed by atoms with Crippen LogP contribution in [0, 0.1) is 11.8 Å². The molecule has 0 spiro atoms. The van der Waals surface area contributed by atoms with Crippen LogP contribution in [0.1, 0.15) is 40.3 Å². The fourth-order valence-electron chi connectivity index (χ4n) is 3.94. The molecule has 1 aliphatic heterocycles. The average Bonchev–Trinajstić information content (AvgIpc) is 3.22. The van der Waals surface area contributed by atoms with Gasteiger partial charge in [0.2, 0.25) is 5.95 Å². The fraction of sp³-hybridized carbons (Fsp3) is 0.600. The minimum Gasteiger partial charge on any atom is -0.463 e. The lowest BCUT2D eigenvalue weighted by molar-refractivity contribution is -0.156. The number of Topliss-reactive ketones (excluding diaryl/α,β-unsaturated/α-hetero) is 1. The highest BCUT2D eigenvalue weighted by Crippen LogP contribution is 2.41. The number of rotatable bonds is 9. The van der Waals surface area contributed by atoms with Gasteiger partial charge in [0.05, 0.1) is 22.9 Å². The summed E-state index contributed by atoms with van der Waals surface area (Å²) in [6.45, 7) is 5.84. The minimum atomic E-state index is -1.06. The number of carbonyl (C=O) groups excluding carboxylic acids is 3. The quantitative estimate of drug-likeness (QED) is 0.363. The van der Waals surface area contributed by atoms with E-state index in [4.69, 9.17) is 31.7 Å². The van der Waals surface area contributed by atoms with Gasteiger partial charge in [0.15, 0.2) is 11.4 Å². The van der Waals surface area contributed by atoms with E-state index >= 15 is 0 Å². The summed E-state index contributed by atoms with van der Waals surface area (Å²) in [4.78, 5) is 59.6. The number of ketones is 1. The first-order valence-electron chi connectivity index (χ1n) is 10.5. The number of esters is 2. The van der Waals surface area contributed by atoms with E-state index in [-0.39, 0.29) is 36.3 Å². The van der Waals surface area contributed by atoms with Crippen LogP contribution in [-0.2, 0) is 28.6 Å². The summed E-state index contributed by atoms with van der Waals surface area (Å²) in [6.07, 6.45) is -1.71. The van der Waals surface area contributed by atoms with E-state index in [0.29, 0.717) is 4.70 Å². The molecule has 3 heterocycles. The number of anilines is 1. The number of aromatic nitrogens is 3. The second kappa shape index (κ2) is 10.8. The third-order valence-corrected chi connectivity index (χ3v) is 6.54. The van der Waals surface area contributed by atoms with Crippen molar-refractivity contribution in [2.24, 2.45) is 11.8 Å². The maximum absolute atomic E-state index is 13.1. The Hall–Kier alpha value is -2.61. The monoisotopic (exact) mass is 515 g/mol. The molecule has 186 valence electrons. The number of hydrogen-bond acceptors (Lipinski definition) is 12. The smallest absolute Gasteiger partial charge is 0.311 e. The van der Waals surface area contributed by atoms with Crippen LogP contribution in [0.25, 0.3) is 10.3 Å². The Labute approximate surface area is 203 Å². The van der Waals surface area contributed by atoms with Crippen LogP contribution in [0.15, 0.2) is 11.0 Å². The lowest BCUT2D eigenvalue weighted by atomic mass is 9.88. The molecule has 2 aromatic heterocycles. The van der Waals surface area contributed by atoms with Crippen LogP contribution < -0.4 is 15.4 Å². The van der Waals surface area contributed by atoms with E-state index in [0.717, 1.165) is 11.3 Å². The van der Waals surface area contributed by atoms with Crippen molar-refractivity contribution in [3.63, 3.8) is 0 Å². The molecule has 2 aromatic rings. The molecule has 0 amide bonds. The zero-order valence-electron chi connectivity index (χ0n) is 19.0. The summed E-state index contributed by atoms with van der Waals surface area (Å²) in [6, 6.07) is -0.693. The van der Waals surface area contributed by atoms with Crippen molar-refractivity contribution in [3.8, 4) is 0 Å². The Balaban J connectivity index is 2.09. The Kier molecular flexibility index (Phi) is 8.23. The number of thiazole rings is 1. The molecule has 3 N–H and O–H groups in total. The van der Waals surface area contributed by atoms with Crippen molar-refractivity contribution in [3.05, 3.63) is 15.9 Å². The molecule has 34 heavy (non-hydrogen) atoms. The molecular formula is C20H26ClN5O7S. The molecular weight excluding hydrogens is 490 g/mol. The summed E-state index contributed by atoms with van der Waals surface area (Å²) in [5, 5.41) is 0. The molecule has 1 saturated heterocycles. The largest absolute Gasteiger partial charge is 0.463 e. The number of nitrogens with one attached hydrogen (secondary N) is 1. The van der Waals surface area contributed by atoms with Crippen molar-refractivity contribution in [2.45, 2.75) is 58.6 Å². The Bertz CT molecular complexity index is 1140. The van der Waals surface area contributed by atoms with Crippen molar-refractivity contribution in [2.75, 3.05) is 12.3 Å². The number of nitrogen functional groups attached to an aromatic ring is 1. The molecule has 1 unspecified atom stereocenters. The first-order chi connectivity index (χ1) is 16.0. The number of nitrogens with two attached hydrogens (primary N) is 1. The van der Waals surface area contributed by atoms with Gasteiger partial charge in [-0.1, -0.05) is 25.2 Å². The highest BCUT2D eigenvalue weighted by atomic mass is 35.5. The molecule has 12 nitrogen and oxygen atoms in total. The van der Waals surface area contributed by atoms with Crippen molar-refractivity contribution in [1.82, 2.24) is 19.4 Å². The molecule has 0 aliphatic carbocycles. The first kappa shape index (κ1) is 26.0. The van der Waals surface area contributed by atoms with Gasteiger partial charge < -0.3 is 19.9 Å². The van der Waals surface area contributed by atoms with Gasteiger partial charge in [0.25, 0.3) is 0 Å². The number of ether oxygens (including phenoxy) is 3. The van der Waals surface area contributed by atoms with Gasteiger partial charge in [-0.15, -0.1) is 0 Å². The topological polar surface area (TPSA) is 165 Å². The van der Waals surface area contributed by atoms with E-state index in [2.05, 4.69) is 14.8 Å². The molecule has 5 atom stereocenters. The Morgan fingerprint density at radius 2 is 2.03 bits per heavy atom. The Morgan fingerprint density at radius 3 is 2.62 bits per heavy atom. The van der Waals surface area contributed by atoms with Gasteiger partial charge in [-0.05, 0) is 17.7 Å². The highest BCUT2D eigenvalue weighted by Gasteiger charge is 2.50. The number of fused-ring (bicyclic) bond motifs is 1. The van der Waals surface area contributed by atoms with E-state index in [1.165, 1.54) is 24.6 Å². The van der Waals surface area contributed by atoms with Crippen LogP contribution in [0.5, 0.6) is 0 Å². The fourth-order valence-corrected chi connectivity index (χ4v) is 5.14. The summed E-state index contributed by atoms with van der Waals surface area (Å²) >= 11 is 6.69. The Morgan fingerprint density at radius 1 is 1.32 bits per heavy atom. The molecule has 3 rings (SSSR count). The van der Waals surface area contributed by atoms with Crippen LogP contribution in [0.4, 0.5) is 5.95 Å². The number of nitrogens with zero attached hydrogens (tertiary/aromatic N) is 3. The third kappa shape index (κ3) is 5.54. The summed E-state index contributed by atoms with van der Waals surface area (Å²) < 4.78 is 18.4. The molecule has 0 saturated carbocycles. The van der Waals surface area contributed by atoms with Crippen molar-refractivity contribution in [1.29, 1.82) is 0 Å². The maximum Gasteiger partial charge on any atom is 0.311 e. The van der Waals surface area contributed by atoms with E-state index in [1.54, 1.807) is 0 Å².